The van der Waals surface area contributed by atoms with Gasteiger partial charge in [-0.25, -0.2) is 0 Å². The first-order chi connectivity index (χ1) is 10.3. The molecule has 0 atom stereocenters. The molecule has 0 saturated heterocycles. The van der Waals surface area contributed by atoms with Crippen LogP contribution in [0.15, 0.2) is 35.6 Å². The normalized spacial score (nSPS) is 16.7. The topological polar surface area (TPSA) is 30.2 Å². The second-order valence-corrected chi connectivity index (χ2v) is 5.96. The molecule has 1 fully saturated rings. The van der Waals surface area contributed by atoms with E-state index in [1.54, 1.807) is 12.4 Å². The molecule has 110 valence electrons. The zero-order valence-corrected chi connectivity index (χ0v) is 12.9. The maximum atomic E-state index is 4.54. The third-order valence-electron chi connectivity index (χ3n) is 4.46. The van der Waals surface area contributed by atoms with E-state index in [1.807, 2.05) is 18.3 Å². The number of aryl methyl sites for hydroxylation is 1. The lowest BCUT2D eigenvalue weighted by Crippen LogP contribution is -2.15. The zero-order valence-electron chi connectivity index (χ0n) is 12.9. The maximum absolute atomic E-state index is 4.54. The first kappa shape index (κ1) is 14.1. The fourth-order valence-corrected chi connectivity index (χ4v) is 3.41. The van der Waals surface area contributed by atoms with Gasteiger partial charge in [0.25, 0.3) is 0 Å². The van der Waals surface area contributed by atoms with E-state index >= 15 is 0 Å². The summed E-state index contributed by atoms with van der Waals surface area (Å²) in [4.78, 5) is 8.63. The summed E-state index contributed by atoms with van der Waals surface area (Å²) in [7, 11) is 0. The molecule has 0 amide bonds. The van der Waals surface area contributed by atoms with Gasteiger partial charge >= 0.3 is 0 Å². The maximum Gasteiger partial charge on any atom is 0.0813 e. The van der Waals surface area contributed by atoms with Gasteiger partial charge in [0.1, 0.15) is 0 Å². The Balaban J connectivity index is 1.85. The lowest BCUT2D eigenvalue weighted by atomic mass is 9.95. The van der Waals surface area contributed by atoms with Crippen molar-refractivity contribution in [1.82, 2.24) is 9.55 Å². The van der Waals surface area contributed by atoms with Gasteiger partial charge in [0.15, 0.2) is 0 Å². The fraction of sp³-hybridized carbons (Fsp3) is 0.444. The van der Waals surface area contributed by atoms with Crippen molar-refractivity contribution in [3.63, 3.8) is 0 Å². The molecule has 3 nitrogen and oxygen atoms in total. The molecule has 0 N–H and O–H groups in total. The van der Waals surface area contributed by atoms with E-state index in [0.717, 1.165) is 5.69 Å². The summed E-state index contributed by atoms with van der Waals surface area (Å²) in [5, 5.41) is 0. The molecule has 2 heterocycles. The fourth-order valence-electron chi connectivity index (χ4n) is 3.41. The number of rotatable bonds is 3. The molecular weight excluding hydrogens is 258 g/mol. The molecule has 2 aromatic heterocycles. The van der Waals surface area contributed by atoms with E-state index in [9.17, 15) is 0 Å². The minimum absolute atomic E-state index is 0.680. The van der Waals surface area contributed by atoms with Crippen LogP contribution < -0.4 is 0 Å². The van der Waals surface area contributed by atoms with Gasteiger partial charge in [-0.05, 0) is 44.9 Å². The molecule has 1 aliphatic carbocycles. The van der Waals surface area contributed by atoms with E-state index in [4.69, 9.17) is 0 Å². The second-order valence-electron chi connectivity index (χ2n) is 5.96. The van der Waals surface area contributed by atoms with Crippen molar-refractivity contribution in [3.8, 4) is 0 Å². The molecule has 0 spiro atoms. The Morgan fingerprint density at radius 1 is 1.24 bits per heavy atom. The highest BCUT2D eigenvalue weighted by Gasteiger charge is 2.19. The second kappa shape index (κ2) is 6.25. The summed E-state index contributed by atoms with van der Waals surface area (Å²) < 4.78 is 2.52. The number of hydrogen-bond donors (Lipinski definition) is 0. The third-order valence-corrected chi connectivity index (χ3v) is 4.46. The number of hydrogen-bond acceptors (Lipinski definition) is 2. The minimum Gasteiger partial charge on any atom is -0.345 e. The van der Waals surface area contributed by atoms with E-state index in [2.05, 4.69) is 34.5 Å². The summed E-state index contributed by atoms with van der Waals surface area (Å²) in [6, 6.07) is 6.82. The number of aromatic nitrogens is 2. The van der Waals surface area contributed by atoms with Gasteiger partial charge in [-0.3, -0.25) is 9.98 Å². The number of pyridine rings is 1. The quantitative estimate of drug-likeness (QED) is 0.746. The molecule has 0 radical (unpaired) electrons. The predicted molar refractivity (Wildman–Crippen MR) is 87.5 cm³/mol. The minimum atomic E-state index is 0.680. The van der Waals surface area contributed by atoms with Crippen LogP contribution in [0, 0.1) is 13.8 Å². The van der Waals surface area contributed by atoms with Crippen molar-refractivity contribution >= 4 is 11.9 Å². The molecule has 0 aromatic carbocycles. The molecule has 2 aromatic rings. The van der Waals surface area contributed by atoms with Gasteiger partial charge in [-0.1, -0.05) is 19.3 Å². The Morgan fingerprint density at radius 3 is 2.76 bits per heavy atom. The van der Waals surface area contributed by atoms with E-state index < -0.39 is 0 Å². The molecular formula is C18H23N3. The molecule has 0 bridgehead atoms. The van der Waals surface area contributed by atoms with Gasteiger partial charge in [-0.15, -0.1) is 0 Å². The molecule has 1 saturated carbocycles. The van der Waals surface area contributed by atoms with Crippen LogP contribution in [0.3, 0.4) is 0 Å². The Hall–Kier alpha value is -1.90. The molecule has 21 heavy (non-hydrogen) atoms. The van der Waals surface area contributed by atoms with Crippen LogP contribution in [0.5, 0.6) is 0 Å². The standard InChI is InChI=1S/C18H23N3/c1-14-11-16(12-20-17-7-6-10-19-13-17)15(2)21(14)18-8-4-3-5-9-18/h6-7,10-13,18H,3-5,8-9H2,1-2H3. The average Bonchev–Trinajstić information content (AvgIpc) is 2.81. The lowest BCUT2D eigenvalue weighted by Gasteiger charge is -2.26. The van der Waals surface area contributed by atoms with Crippen molar-refractivity contribution < 1.29 is 0 Å². The van der Waals surface area contributed by atoms with E-state index in [0.29, 0.717) is 6.04 Å². The SMILES string of the molecule is Cc1cc(C=Nc2cccnc2)c(C)n1C1CCCCC1. The highest BCUT2D eigenvalue weighted by Crippen LogP contribution is 2.31. The third kappa shape index (κ3) is 3.07. The first-order valence-corrected chi connectivity index (χ1v) is 7.88. The smallest absolute Gasteiger partial charge is 0.0813 e. The van der Waals surface area contributed by atoms with Crippen LogP contribution in [0.4, 0.5) is 5.69 Å². The summed E-state index contributed by atoms with van der Waals surface area (Å²) >= 11 is 0. The van der Waals surface area contributed by atoms with Crippen molar-refractivity contribution in [2.24, 2.45) is 4.99 Å². The van der Waals surface area contributed by atoms with E-state index in [-0.39, 0.29) is 0 Å². The van der Waals surface area contributed by atoms with Gasteiger partial charge < -0.3 is 4.57 Å². The Kier molecular flexibility index (Phi) is 4.18. The molecule has 0 unspecified atom stereocenters. The Labute approximate surface area is 126 Å². The van der Waals surface area contributed by atoms with Crippen molar-refractivity contribution in [2.45, 2.75) is 52.0 Å². The molecule has 0 aliphatic heterocycles. The average molecular weight is 281 g/mol. The van der Waals surface area contributed by atoms with Crippen LogP contribution >= 0.6 is 0 Å². The summed E-state index contributed by atoms with van der Waals surface area (Å²) in [5.74, 6) is 0. The highest BCUT2D eigenvalue weighted by atomic mass is 15.0. The summed E-state index contributed by atoms with van der Waals surface area (Å²) in [6.45, 7) is 4.43. The van der Waals surface area contributed by atoms with Crippen molar-refractivity contribution in [1.29, 1.82) is 0 Å². The Bertz CT molecular complexity index is 619. The lowest BCUT2D eigenvalue weighted by molar-refractivity contribution is 0.346. The van der Waals surface area contributed by atoms with E-state index in [1.165, 1.54) is 49.1 Å². The van der Waals surface area contributed by atoms with Gasteiger partial charge in [-0.2, -0.15) is 0 Å². The van der Waals surface area contributed by atoms with Crippen molar-refractivity contribution in [2.75, 3.05) is 0 Å². The largest absolute Gasteiger partial charge is 0.345 e. The van der Waals surface area contributed by atoms with Crippen LogP contribution in [0.1, 0.15) is 55.1 Å². The monoisotopic (exact) mass is 281 g/mol. The van der Waals surface area contributed by atoms with Crippen LogP contribution in [0.2, 0.25) is 0 Å². The van der Waals surface area contributed by atoms with Crippen molar-refractivity contribution in [3.05, 3.63) is 47.5 Å². The number of nitrogens with zero attached hydrogens (tertiary/aromatic N) is 3. The first-order valence-electron chi connectivity index (χ1n) is 7.88. The number of aliphatic imine (C=N–C) groups is 1. The van der Waals surface area contributed by atoms with Crippen LogP contribution in [0.25, 0.3) is 0 Å². The molecule has 3 heteroatoms. The van der Waals surface area contributed by atoms with Gasteiger partial charge in [0.05, 0.1) is 11.9 Å². The molecule has 3 rings (SSSR count). The van der Waals surface area contributed by atoms with Crippen LogP contribution in [-0.2, 0) is 0 Å². The predicted octanol–water partition coefficient (Wildman–Crippen LogP) is 4.76. The highest BCUT2D eigenvalue weighted by molar-refractivity contribution is 5.83. The van der Waals surface area contributed by atoms with Crippen LogP contribution in [-0.4, -0.2) is 15.8 Å². The molecule has 1 aliphatic rings. The summed E-state index contributed by atoms with van der Waals surface area (Å²) in [6.07, 6.45) is 12.3. The van der Waals surface area contributed by atoms with Gasteiger partial charge in [0.2, 0.25) is 0 Å². The summed E-state index contributed by atoms with van der Waals surface area (Å²) in [5.41, 5.74) is 4.82. The zero-order chi connectivity index (χ0) is 14.7. The van der Waals surface area contributed by atoms with Gasteiger partial charge in [0, 0.05) is 35.4 Å². The Morgan fingerprint density at radius 2 is 2.05 bits per heavy atom.